The monoisotopic (exact) mass is 132 g/mol. The molecule has 0 atom stereocenters. The number of aromatic carboxylic acids is 1. The number of carboxylic acids is 1. The molecule has 0 spiro atoms. The maximum atomic E-state index is 10.0. The van der Waals surface area contributed by atoms with E-state index in [-0.39, 0.29) is 24.6 Å². The predicted molar refractivity (Wildman–Crippen MR) is 27.5 cm³/mol. The van der Waals surface area contributed by atoms with Crippen LogP contribution in [0.5, 0.6) is 0 Å². The number of aromatic nitrogens is 2. The molecule has 48 valence electrons. The van der Waals surface area contributed by atoms with Gasteiger partial charge in [-0.15, -0.1) is 0 Å². The summed E-state index contributed by atoms with van der Waals surface area (Å²) in [5.74, 6) is -1.24. The summed E-state index contributed by atoms with van der Waals surface area (Å²) in [5.41, 5.74) is -0.0301. The van der Waals surface area contributed by atoms with Crippen molar-refractivity contribution >= 4 is 5.97 Å². The molecule has 0 aliphatic rings. The number of carboxylic acid groups (broad SMARTS) is 1. The van der Waals surface area contributed by atoms with Crippen LogP contribution in [0.3, 0.4) is 0 Å². The fraction of sp³-hybridized carbons (Fsp3) is 0.200. The summed E-state index contributed by atoms with van der Waals surface area (Å²) in [6.07, 6.45) is 1.55. The zero-order valence-corrected chi connectivity index (χ0v) is 5.87. The zero-order chi connectivity index (χ0) is 6.85. The summed E-state index contributed by atoms with van der Waals surface area (Å²) in [5, 5.41) is 13.6. The van der Waals surface area contributed by atoms with E-state index in [0.717, 1.165) is 0 Å². The maximum Gasteiger partial charge on any atom is 1.00 e. The van der Waals surface area contributed by atoms with E-state index >= 15 is 0 Å². The first-order valence-electron chi connectivity index (χ1n) is 2.41. The Labute approximate surface area is 70.0 Å². The molecule has 0 amide bonds. The van der Waals surface area contributed by atoms with Gasteiger partial charge in [-0.2, -0.15) is 5.10 Å². The average molecular weight is 132 g/mol. The molecule has 1 aromatic rings. The first-order valence-corrected chi connectivity index (χ1v) is 2.41. The van der Waals surface area contributed by atoms with E-state index in [0.29, 0.717) is 0 Å². The van der Waals surface area contributed by atoms with E-state index in [1.54, 1.807) is 13.2 Å². The van der Waals surface area contributed by atoms with Crippen molar-refractivity contribution in [3.8, 4) is 0 Å². The van der Waals surface area contributed by atoms with Gasteiger partial charge >= 0.3 is 18.9 Å². The van der Waals surface area contributed by atoms with Gasteiger partial charge in [-0.05, 0) is 6.07 Å². The number of nitrogens with zero attached hydrogens (tertiary/aromatic N) is 2. The zero-order valence-electron chi connectivity index (χ0n) is 5.87. The van der Waals surface area contributed by atoms with Gasteiger partial charge < -0.3 is 9.90 Å². The summed E-state index contributed by atoms with van der Waals surface area (Å²) < 4.78 is 1.41. The van der Waals surface area contributed by atoms with Crippen LogP contribution in [0.2, 0.25) is 0 Å². The van der Waals surface area contributed by atoms with Crippen molar-refractivity contribution in [2.75, 3.05) is 0 Å². The molecule has 0 saturated carbocycles. The van der Waals surface area contributed by atoms with Crippen LogP contribution in [0.4, 0.5) is 0 Å². The third-order valence-electron chi connectivity index (χ3n) is 0.923. The van der Waals surface area contributed by atoms with Crippen LogP contribution in [-0.4, -0.2) is 15.7 Å². The molecule has 1 heterocycles. The van der Waals surface area contributed by atoms with Gasteiger partial charge in [0.15, 0.2) is 0 Å². The SMILES string of the molecule is Cn1ccc(C(=O)[O-])n1.[Li+]. The van der Waals surface area contributed by atoms with E-state index in [1.165, 1.54) is 10.7 Å². The van der Waals surface area contributed by atoms with Crippen LogP contribution < -0.4 is 24.0 Å². The number of carbonyl (C=O) groups excluding carboxylic acids is 1. The third-order valence-corrected chi connectivity index (χ3v) is 0.923. The van der Waals surface area contributed by atoms with Crippen molar-refractivity contribution in [2.24, 2.45) is 7.05 Å². The van der Waals surface area contributed by atoms with Gasteiger partial charge in [0.05, 0.1) is 5.97 Å². The van der Waals surface area contributed by atoms with Gasteiger partial charge in [0, 0.05) is 13.2 Å². The van der Waals surface area contributed by atoms with E-state index in [1.807, 2.05) is 0 Å². The number of hydrogen-bond donors (Lipinski definition) is 0. The van der Waals surface area contributed by atoms with Gasteiger partial charge in [-0.25, -0.2) is 0 Å². The van der Waals surface area contributed by atoms with Crippen molar-refractivity contribution in [3.63, 3.8) is 0 Å². The van der Waals surface area contributed by atoms with Crippen LogP contribution in [-0.2, 0) is 7.05 Å². The second kappa shape index (κ2) is 3.45. The molecule has 0 fully saturated rings. The molecular weight excluding hydrogens is 127 g/mol. The van der Waals surface area contributed by atoms with Crippen molar-refractivity contribution < 1.29 is 28.8 Å². The van der Waals surface area contributed by atoms with Crippen molar-refractivity contribution in [3.05, 3.63) is 18.0 Å². The molecule has 10 heavy (non-hydrogen) atoms. The Kier molecular flexibility index (Phi) is 3.20. The quantitative estimate of drug-likeness (QED) is 0.364. The molecule has 4 nitrogen and oxygen atoms in total. The molecule has 0 aromatic carbocycles. The Morgan fingerprint density at radius 1 is 1.80 bits per heavy atom. The van der Waals surface area contributed by atoms with Gasteiger partial charge in [0.25, 0.3) is 0 Å². The predicted octanol–water partition coefficient (Wildman–Crippen LogP) is -4.21. The van der Waals surface area contributed by atoms with E-state index in [2.05, 4.69) is 5.10 Å². The van der Waals surface area contributed by atoms with Gasteiger partial charge in [-0.1, -0.05) is 0 Å². The van der Waals surface area contributed by atoms with Crippen molar-refractivity contribution in [1.82, 2.24) is 9.78 Å². The van der Waals surface area contributed by atoms with Crippen LogP contribution in [0.25, 0.3) is 0 Å². The first-order chi connectivity index (χ1) is 4.20. The molecule has 0 N–H and O–H groups in total. The summed E-state index contributed by atoms with van der Waals surface area (Å²) in [4.78, 5) is 10.0. The van der Waals surface area contributed by atoms with Crippen molar-refractivity contribution in [2.45, 2.75) is 0 Å². The van der Waals surface area contributed by atoms with Crippen LogP contribution in [0.1, 0.15) is 10.5 Å². The normalized spacial score (nSPS) is 8.50. The van der Waals surface area contributed by atoms with E-state index in [9.17, 15) is 9.90 Å². The molecule has 0 saturated heterocycles. The summed E-state index contributed by atoms with van der Waals surface area (Å²) >= 11 is 0. The molecular formula is C5H5LiN2O2. The Hall–Kier alpha value is -0.723. The number of carbonyl (C=O) groups is 1. The summed E-state index contributed by atoms with van der Waals surface area (Å²) in [6.45, 7) is 0. The van der Waals surface area contributed by atoms with Gasteiger partial charge in [0.2, 0.25) is 0 Å². The van der Waals surface area contributed by atoms with E-state index in [4.69, 9.17) is 0 Å². The minimum absolute atomic E-state index is 0. The molecule has 1 aromatic heterocycles. The number of hydrogen-bond acceptors (Lipinski definition) is 3. The van der Waals surface area contributed by atoms with Gasteiger partial charge in [-0.3, -0.25) is 4.68 Å². The molecule has 0 radical (unpaired) electrons. The Morgan fingerprint density at radius 2 is 2.40 bits per heavy atom. The largest absolute Gasteiger partial charge is 1.00 e. The topological polar surface area (TPSA) is 58.0 Å². The fourth-order valence-electron chi connectivity index (χ4n) is 0.524. The molecule has 0 unspecified atom stereocenters. The van der Waals surface area contributed by atoms with Crippen LogP contribution in [0, 0.1) is 0 Å². The second-order valence-corrected chi connectivity index (χ2v) is 1.66. The average Bonchev–Trinajstić information content (AvgIpc) is 2.14. The molecule has 0 bridgehead atoms. The minimum atomic E-state index is -1.24. The fourth-order valence-corrected chi connectivity index (χ4v) is 0.524. The summed E-state index contributed by atoms with van der Waals surface area (Å²) in [6, 6.07) is 1.38. The molecule has 0 aliphatic carbocycles. The minimum Gasteiger partial charge on any atom is -0.543 e. The van der Waals surface area contributed by atoms with Crippen molar-refractivity contribution in [1.29, 1.82) is 0 Å². The molecule has 5 heteroatoms. The van der Waals surface area contributed by atoms with Crippen LogP contribution in [0.15, 0.2) is 12.3 Å². The number of aryl methyl sites for hydroxylation is 1. The smallest absolute Gasteiger partial charge is 0.543 e. The standard InChI is InChI=1S/C5H6N2O2.Li/c1-7-3-2-4(6-7)5(8)9;/h2-3H,1H3,(H,8,9);/q;+1/p-1. The third kappa shape index (κ3) is 1.90. The van der Waals surface area contributed by atoms with Gasteiger partial charge in [0.1, 0.15) is 5.69 Å². The summed E-state index contributed by atoms with van der Waals surface area (Å²) in [7, 11) is 1.65. The van der Waals surface area contributed by atoms with E-state index < -0.39 is 5.97 Å². The maximum absolute atomic E-state index is 10.0. The van der Waals surface area contributed by atoms with Crippen LogP contribution >= 0.6 is 0 Å². The number of rotatable bonds is 1. The Balaban J connectivity index is 0.000000810. The second-order valence-electron chi connectivity index (χ2n) is 1.66. The first kappa shape index (κ1) is 9.28. The molecule has 0 aliphatic heterocycles. The Morgan fingerprint density at radius 3 is 2.60 bits per heavy atom. The Bertz CT molecular complexity index is 233. The molecule has 1 rings (SSSR count).